The highest BCUT2D eigenvalue weighted by atomic mass is 32.1. The highest BCUT2D eigenvalue weighted by Crippen LogP contribution is 2.21. The molecule has 21 heavy (non-hydrogen) atoms. The van der Waals surface area contributed by atoms with E-state index in [0.717, 1.165) is 50.2 Å². The molecule has 0 aliphatic carbocycles. The minimum atomic E-state index is -0.483. The van der Waals surface area contributed by atoms with E-state index in [4.69, 9.17) is 22.7 Å². The van der Waals surface area contributed by atoms with Gasteiger partial charge in [-0.15, -0.1) is 0 Å². The SMILES string of the molecule is CC1(O)CCN(CCCOc2ccccc2C(N)=S)CC1. The molecule has 0 radical (unpaired) electrons. The van der Waals surface area contributed by atoms with Crippen molar-refractivity contribution >= 4 is 17.2 Å². The minimum absolute atomic E-state index is 0.365. The maximum Gasteiger partial charge on any atom is 0.129 e. The number of likely N-dealkylation sites (tertiary alicyclic amines) is 1. The maximum absolute atomic E-state index is 9.92. The standard InChI is InChI=1S/C16H24N2O2S/c1-16(19)7-10-18(11-8-16)9-4-12-20-14-6-3-2-5-13(14)15(17)21/h2-3,5-6,19H,4,7-12H2,1H3,(H2,17,21). The molecule has 1 aromatic rings. The van der Waals surface area contributed by atoms with Crippen molar-refractivity contribution < 1.29 is 9.84 Å². The molecule has 1 aliphatic rings. The Hall–Kier alpha value is -1.17. The molecule has 1 aromatic carbocycles. The summed E-state index contributed by atoms with van der Waals surface area (Å²) in [4.78, 5) is 2.74. The first kappa shape index (κ1) is 16.2. The highest BCUT2D eigenvalue weighted by Gasteiger charge is 2.26. The number of benzene rings is 1. The van der Waals surface area contributed by atoms with Crippen LogP contribution in [0.3, 0.4) is 0 Å². The fourth-order valence-electron chi connectivity index (χ4n) is 2.52. The first-order valence-electron chi connectivity index (χ1n) is 7.44. The topological polar surface area (TPSA) is 58.7 Å². The molecular weight excluding hydrogens is 284 g/mol. The monoisotopic (exact) mass is 308 g/mol. The Morgan fingerprint density at radius 2 is 2.05 bits per heavy atom. The number of aliphatic hydroxyl groups is 1. The zero-order valence-corrected chi connectivity index (χ0v) is 13.4. The van der Waals surface area contributed by atoms with Crippen LogP contribution in [-0.4, -0.2) is 46.8 Å². The van der Waals surface area contributed by atoms with Crippen LogP contribution in [0.5, 0.6) is 5.75 Å². The lowest BCUT2D eigenvalue weighted by atomic mass is 9.94. The molecule has 0 bridgehead atoms. The Labute approximate surface area is 131 Å². The predicted octanol–water partition coefficient (Wildman–Crippen LogP) is 1.94. The lowest BCUT2D eigenvalue weighted by molar-refractivity contribution is -0.00603. The third-order valence-electron chi connectivity index (χ3n) is 3.96. The molecule has 1 fully saturated rings. The summed E-state index contributed by atoms with van der Waals surface area (Å²) in [5.41, 5.74) is 5.99. The second-order valence-corrected chi connectivity index (χ2v) is 6.34. The van der Waals surface area contributed by atoms with E-state index in [-0.39, 0.29) is 0 Å². The van der Waals surface area contributed by atoms with E-state index in [0.29, 0.717) is 11.6 Å². The molecule has 1 heterocycles. The zero-order chi connectivity index (χ0) is 15.3. The van der Waals surface area contributed by atoms with Gasteiger partial charge in [-0.1, -0.05) is 24.4 Å². The Kier molecular flexibility index (Phi) is 5.56. The molecule has 1 aliphatic heterocycles. The Bertz CT molecular complexity index is 481. The van der Waals surface area contributed by atoms with E-state index in [9.17, 15) is 5.11 Å². The van der Waals surface area contributed by atoms with Gasteiger partial charge in [0.15, 0.2) is 0 Å². The summed E-state index contributed by atoms with van der Waals surface area (Å²) in [7, 11) is 0. The van der Waals surface area contributed by atoms with E-state index < -0.39 is 5.60 Å². The number of ether oxygens (including phenoxy) is 1. The van der Waals surface area contributed by atoms with Crippen LogP contribution in [0.15, 0.2) is 24.3 Å². The average molecular weight is 308 g/mol. The van der Waals surface area contributed by atoms with Crippen LogP contribution in [0, 0.1) is 0 Å². The molecule has 3 N–H and O–H groups in total. The van der Waals surface area contributed by atoms with Crippen LogP contribution in [0.4, 0.5) is 0 Å². The fourth-order valence-corrected chi connectivity index (χ4v) is 2.69. The largest absolute Gasteiger partial charge is 0.493 e. The fraction of sp³-hybridized carbons (Fsp3) is 0.562. The van der Waals surface area contributed by atoms with Gasteiger partial charge in [-0.25, -0.2) is 0 Å². The van der Waals surface area contributed by atoms with Crippen molar-refractivity contribution in [3.63, 3.8) is 0 Å². The van der Waals surface area contributed by atoms with Crippen LogP contribution < -0.4 is 10.5 Å². The Morgan fingerprint density at radius 1 is 1.38 bits per heavy atom. The van der Waals surface area contributed by atoms with Gasteiger partial charge in [0.25, 0.3) is 0 Å². The van der Waals surface area contributed by atoms with Crippen molar-refractivity contribution in [2.45, 2.75) is 31.8 Å². The number of thiocarbonyl (C=S) groups is 1. The smallest absolute Gasteiger partial charge is 0.129 e. The van der Waals surface area contributed by atoms with Crippen molar-refractivity contribution in [3.8, 4) is 5.75 Å². The molecule has 0 aromatic heterocycles. The van der Waals surface area contributed by atoms with E-state index >= 15 is 0 Å². The molecule has 0 amide bonds. The molecular formula is C16H24N2O2S. The third-order valence-corrected chi connectivity index (χ3v) is 4.18. The van der Waals surface area contributed by atoms with Gasteiger partial charge in [0.1, 0.15) is 10.7 Å². The second kappa shape index (κ2) is 7.20. The summed E-state index contributed by atoms with van der Waals surface area (Å²) in [6.45, 7) is 5.46. The van der Waals surface area contributed by atoms with Crippen LogP contribution in [0.25, 0.3) is 0 Å². The van der Waals surface area contributed by atoms with Crippen LogP contribution in [0.2, 0.25) is 0 Å². The predicted molar refractivity (Wildman–Crippen MR) is 88.7 cm³/mol. The molecule has 5 heteroatoms. The van der Waals surface area contributed by atoms with E-state index in [2.05, 4.69) is 4.90 Å². The number of hydrogen-bond donors (Lipinski definition) is 2. The van der Waals surface area contributed by atoms with Gasteiger partial charge in [0.2, 0.25) is 0 Å². The maximum atomic E-state index is 9.92. The van der Waals surface area contributed by atoms with E-state index in [1.807, 2.05) is 31.2 Å². The molecule has 116 valence electrons. The van der Waals surface area contributed by atoms with Crippen LogP contribution in [-0.2, 0) is 0 Å². The normalized spacial score (nSPS) is 18.4. The quantitative estimate of drug-likeness (QED) is 0.621. The van der Waals surface area contributed by atoms with Crippen molar-refractivity contribution in [1.29, 1.82) is 0 Å². The molecule has 2 rings (SSSR count). The van der Waals surface area contributed by atoms with Gasteiger partial charge in [0, 0.05) is 19.6 Å². The molecule has 1 saturated heterocycles. The van der Waals surface area contributed by atoms with E-state index in [1.54, 1.807) is 0 Å². The average Bonchev–Trinajstić information content (AvgIpc) is 2.45. The lowest BCUT2D eigenvalue weighted by Crippen LogP contribution is -2.42. The molecule has 0 saturated carbocycles. The molecule has 0 atom stereocenters. The minimum Gasteiger partial charge on any atom is -0.493 e. The second-order valence-electron chi connectivity index (χ2n) is 5.90. The summed E-state index contributed by atoms with van der Waals surface area (Å²) in [5, 5.41) is 9.92. The van der Waals surface area contributed by atoms with Gasteiger partial charge in [-0.2, -0.15) is 0 Å². The van der Waals surface area contributed by atoms with Gasteiger partial charge >= 0.3 is 0 Å². The van der Waals surface area contributed by atoms with Crippen molar-refractivity contribution in [2.24, 2.45) is 5.73 Å². The van der Waals surface area contributed by atoms with Crippen molar-refractivity contribution in [1.82, 2.24) is 4.90 Å². The van der Waals surface area contributed by atoms with Crippen molar-refractivity contribution in [2.75, 3.05) is 26.2 Å². The summed E-state index contributed by atoms with van der Waals surface area (Å²) >= 11 is 5.02. The number of para-hydroxylation sites is 1. The highest BCUT2D eigenvalue weighted by molar-refractivity contribution is 7.80. The first-order valence-corrected chi connectivity index (χ1v) is 7.85. The Morgan fingerprint density at radius 3 is 2.71 bits per heavy atom. The number of piperidine rings is 1. The van der Waals surface area contributed by atoms with Crippen LogP contribution in [0.1, 0.15) is 31.7 Å². The van der Waals surface area contributed by atoms with Gasteiger partial charge in [0.05, 0.1) is 17.8 Å². The first-order chi connectivity index (χ1) is 9.98. The number of nitrogens with two attached hydrogens (primary N) is 1. The summed E-state index contributed by atoms with van der Waals surface area (Å²) in [6.07, 6.45) is 2.64. The number of hydrogen-bond acceptors (Lipinski definition) is 4. The van der Waals surface area contributed by atoms with Gasteiger partial charge in [-0.3, -0.25) is 0 Å². The molecule has 4 nitrogen and oxygen atoms in total. The van der Waals surface area contributed by atoms with Crippen molar-refractivity contribution in [3.05, 3.63) is 29.8 Å². The summed E-state index contributed by atoms with van der Waals surface area (Å²) in [5.74, 6) is 0.756. The number of rotatable bonds is 6. The lowest BCUT2D eigenvalue weighted by Gasteiger charge is -2.35. The van der Waals surface area contributed by atoms with Gasteiger partial charge < -0.3 is 20.5 Å². The zero-order valence-electron chi connectivity index (χ0n) is 12.5. The van der Waals surface area contributed by atoms with Crippen LogP contribution >= 0.6 is 12.2 Å². The van der Waals surface area contributed by atoms with Gasteiger partial charge in [-0.05, 0) is 38.3 Å². The third kappa shape index (κ3) is 4.95. The summed E-state index contributed by atoms with van der Waals surface area (Å²) < 4.78 is 5.79. The number of nitrogens with zero attached hydrogens (tertiary/aromatic N) is 1. The molecule has 0 unspecified atom stereocenters. The summed E-state index contributed by atoms with van der Waals surface area (Å²) in [6, 6.07) is 7.60. The van der Waals surface area contributed by atoms with E-state index in [1.165, 1.54) is 0 Å². The molecule has 0 spiro atoms. The Balaban J connectivity index is 1.72.